The molecular weight excluding hydrogens is 320 g/mol. The summed E-state index contributed by atoms with van der Waals surface area (Å²) in [7, 11) is 0. The van der Waals surface area contributed by atoms with Crippen LogP contribution in [-0.4, -0.2) is 19.2 Å². The van der Waals surface area contributed by atoms with E-state index in [0.717, 1.165) is 17.2 Å². The van der Waals surface area contributed by atoms with Crippen molar-refractivity contribution in [3.8, 4) is 5.75 Å². The van der Waals surface area contributed by atoms with Crippen LogP contribution in [0.4, 0.5) is 0 Å². The molecule has 0 radical (unpaired) electrons. The number of rotatable bonds is 5. The van der Waals surface area contributed by atoms with Crippen LogP contribution in [0.3, 0.4) is 0 Å². The van der Waals surface area contributed by atoms with Crippen LogP contribution < -0.4 is 10.2 Å². The maximum Gasteiger partial charge on any atom is 0.374 e. The highest BCUT2D eigenvalue weighted by molar-refractivity contribution is 5.89. The largest absolute Gasteiger partial charge is 0.490 e. The van der Waals surface area contributed by atoms with Gasteiger partial charge in [-0.2, -0.15) is 0 Å². The number of fused-ring (bicyclic) bond motifs is 1. The molecule has 5 heteroatoms. The average Bonchev–Trinajstić information content (AvgIpc) is 2.59. The first-order valence-electron chi connectivity index (χ1n) is 7.94. The van der Waals surface area contributed by atoms with Crippen LogP contribution in [0, 0.1) is 13.8 Å². The van der Waals surface area contributed by atoms with E-state index in [9.17, 15) is 9.59 Å². The van der Waals surface area contributed by atoms with E-state index in [-0.39, 0.29) is 24.4 Å². The summed E-state index contributed by atoms with van der Waals surface area (Å²) in [5, 5.41) is 0.444. The van der Waals surface area contributed by atoms with E-state index < -0.39 is 5.97 Å². The van der Waals surface area contributed by atoms with E-state index in [1.807, 2.05) is 44.2 Å². The van der Waals surface area contributed by atoms with Gasteiger partial charge in [0.25, 0.3) is 0 Å². The number of aryl methyl sites for hydroxylation is 2. The highest BCUT2D eigenvalue weighted by Gasteiger charge is 2.14. The van der Waals surface area contributed by atoms with E-state index in [1.165, 1.54) is 0 Å². The number of hydrogen-bond donors (Lipinski definition) is 0. The Bertz CT molecular complexity index is 971. The van der Waals surface area contributed by atoms with Crippen LogP contribution >= 0.6 is 0 Å². The molecule has 0 atom stereocenters. The summed E-state index contributed by atoms with van der Waals surface area (Å²) in [5.41, 5.74) is 2.13. The Morgan fingerprint density at radius 1 is 1.00 bits per heavy atom. The Kier molecular flexibility index (Phi) is 4.84. The molecule has 3 aromatic rings. The van der Waals surface area contributed by atoms with Crippen LogP contribution in [0.2, 0.25) is 0 Å². The van der Waals surface area contributed by atoms with Gasteiger partial charge >= 0.3 is 5.97 Å². The summed E-state index contributed by atoms with van der Waals surface area (Å²) in [6, 6.07) is 14.0. The average molecular weight is 338 g/mol. The SMILES string of the molecule is Cc1cccc(OCCOC(=O)c2cc(=O)c3cc(C)ccc3o2)c1. The van der Waals surface area contributed by atoms with Crippen molar-refractivity contribution >= 4 is 16.9 Å². The molecule has 2 aromatic carbocycles. The smallest absolute Gasteiger partial charge is 0.374 e. The molecule has 0 aliphatic rings. The third kappa shape index (κ3) is 4.07. The zero-order valence-corrected chi connectivity index (χ0v) is 14.1. The number of ether oxygens (including phenoxy) is 2. The first-order chi connectivity index (χ1) is 12.0. The van der Waals surface area contributed by atoms with Crippen molar-refractivity contribution in [3.05, 3.63) is 75.6 Å². The molecule has 0 spiro atoms. The minimum Gasteiger partial charge on any atom is -0.490 e. The van der Waals surface area contributed by atoms with Gasteiger partial charge in [-0.05, 0) is 43.7 Å². The maximum absolute atomic E-state index is 12.1. The van der Waals surface area contributed by atoms with E-state index in [2.05, 4.69) is 0 Å². The zero-order chi connectivity index (χ0) is 17.8. The second kappa shape index (κ2) is 7.21. The molecule has 0 aliphatic carbocycles. The summed E-state index contributed by atoms with van der Waals surface area (Å²) in [6.07, 6.45) is 0. The van der Waals surface area contributed by atoms with Crippen molar-refractivity contribution in [1.29, 1.82) is 0 Å². The van der Waals surface area contributed by atoms with Gasteiger partial charge in [0.2, 0.25) is 5.76 Å². The van der Waals surface area contributed by atoms with Gasteiger partial charge in [-0.1, -0.05) is 23.8 Å². The van der Waals surface area contributed by atoms with Gasteiger partial charge in [0.15, 0.2) is 5.43 Å². The standard InChI is InChI=1S/C20H18O5/c1-13-4-3-5-15(10-13)23-8-9-24-20(22)19-12-17(21)16-11-14(2)6-7-18(16)25-19/h3-7,10-12H,8-9H2,1-2H3. The lowest BCUT2D eigenvalue weighted by molar-refractivity contribution is 0.0415. The van der Waals surface area contributed by atoms with Gasteiger partial charge in [-0.15, -0.1) is 0 Å². The third-order valence-electron chi connectivity index (χ3n) is 3.66. The summed E-state index contributed by atoms with van der Waals surface area (Å²) >= 11 is 0. The fraction of sp³-hybridized carbons (Fsp3) is 0.200. The van der Waals surface area contributed by atoms with Crippen molar-refractivity contribution in [2.45, 2.75) is 13.8 Å². The van der Waals surface area contributed by atoms with Gasteiger partial charge in [0.05, 0.1) is 5.39 Å². The van der Waals surface area contributed by atoms with Crippen molar-refractivity contribution in [3.63, 3.8) is 0 Å². The van der Waals surface area contributed by atoms with Gasteiger partial charge in [-0.3, -0.25) is 4.79 Å². The molecule has 0 fully saturated rings. The predicted octanol–water partition coefficient (Wildman–Crippen LogP) is 3.65. The van der Waals surface area contributed by atoms with E-state index >= 15 is 0 Å². The van der Waals surface area contributed by atoms with Crippen LogP contribution in [-0.2, 0) is 4.74 Å². The molecule has 0 bridgehead atoms. The molecular formula is C20H18O5. The summed E-state index contributed by atoms with van der Waals surface area (Å²) < 4.78 is 16.1. The lowest BCUT2D eigenvalue weighted by Crippen LogP contribution is -2.14. The van der Waals surface area contributed by atoms with E-state index in [4.69, 9.17) is 13.9 Å². The fourth-order valence-electron chi connectivity index (χ4n) is 2.44. The van der Waals surface area contributed by atoms with Crippen molar-refractivity contribution in [2.75, 3.05) is 13.2 Å². The molecule has 1 heterocycles. The topological polar surface area (TPSA) is 65.7 Å². The van der Waals surface area contributed by atoms with E-state index in [0.29, 0.717) is 16.7 Å². The monoisotopic (exact) mass is 338 g/mol. The second-order valence-corrected chi connectivity index (χ2v) is 5.78. The fourth-order valence-corrected chi connectivity index (χ4v) is 2.44. The van der Waals surface area contributed by atoms with Crippen molar-refractivity contribution in [1.82, 2.24) is 0 Å². The molecule has 0 amide bonds. The van der Waals surface area contributed by atoms with Crippen LogP contribution in [0.15, 0.2) is 57.7 Å². The molecule has 5 nitrogen and oxygen atoms in total. The second-order valence-electron chi connectivity index (χ2n) is 5.78. The van der Waals surface area contributed by atoms with Gasteiger partial charge in [-0.25, -0.2) is 4.79 Å². The molecule has 3 rings (SSSR count). The molecule has 0 unspecified atom stereocenters. The lowest BCUT2D eigenvalue weighted by atomic mass is 10.1. The summed E-state index contributed by atoms with van der Waals surface area (Å²) in [6.45, 7) is 4.13. The Morgan fingerprint density at radius 3 is 2.60 bits per heavy atom. The Hall–Kier alpha value is -3.08. The Morgan fingerprint density at radius 2 is 1.80 bits per heavy atom. The molecule has 1 aromatic heterocycles. The lowest BCUT2D eigenvalue weighted by Gasteiger charge is -2.08. The Labute approximate surface area is 144 Å². The molecule has 0 aliphatic heterocycles. The first kappa shape index (κ1) is 16.8. The number of carbonyl (C=O) groups excluding carboxylic acids is 1. The van der Waals surface area contributed by atoms with Crippen LogP contribution in [0.25, 0.3) is 11.0 Å². The molecule has 0 saturated carbocycles. The van der Waals surface area contributed by atoms with Gasteiger partial charge < -0.3 is 13.9 Å². The van der Waals surface area contributed by atoms with Crippen molar-refractivity contribution < 1.29 is 18.7 Å². The van der Waals surface area contributed by atoms with E-state index in [1.54, 1.807) is 12.1 Å². The highest BCUT2D eigenvalue weighted by atomic mass is 16.6. The summed E-state index contributed by atoms with van der Waals surface area (Å²) in [4.78, 5) is 24.2. The minimum atomic E-state index is -0.688. The maximum atomic E-state index is 12.1. The van der Waals surface area contributed by atoms with Crippen LogP contribution in [0.5, 0.6) is 5.75 Å². The summed E-state index contributed by atoms with van der Waals surface area (Å²) in [5.74, 6) is -0.0898. The number of esters is 1. The first-order valence-corrected chi connectivity index (χ1v) is 7.94. The van der Waals surface area contributed by atoms with Gasteiger partial charge in [0.1, 0.15) is 24.5 Å². The molecule has 25 heavy (non-hydrogen) atoms. The number of benzene rings is 2. The highest BCUT2D eigenvalue weighted by Crippen LogP contribution is 2.15. The third-order valence-corrected chi connectivity index (χ3v) is 3.66. The van der Waals surface area contributed by atoms with Crippen LogP contribution in [0.1, 0.15) is 21.7 Å². The number of carbonyl (C=O) groups is 1. The number of hydrogen-bond acceptors (Lipinski definition) is 5. The quantitative estimate of drug-likeness (QED) is 0.525. The predicted molar refractivity (Wildman–Crippen MR) is 94.2 cm³/mol. The van der Waals surface area contributed by atoms with Gasteiger partial charge in [0, 0.05) is 6.07 Å². The molecule has 0 saturated heterocycles. The van der Waals surface area contributed by atoms with Crippen molar-refractivity contribution in [2.24, 2.45) is 0 Å². The molecule has 128 valence electrons. The minimum absolute atomic E-state index is 0.0580. The normalized spacial score (nSPS) is 10.6. The molecule has 0 N–H and O–H groups in total. The zero-order valence-electron chi connectivity index (χ0n) is 14.1. The Balaban J connectivity index is 1.62.